The van der Waals surface area contributed by atoms with Crippen molar-refractivity contribution in [1.29, 1.82) is 0 Å². The zero-order valence-electron chi connectivity index (χ0n) is 19.3. The maximum absolute atomic E-state index is 13.5. The molecule has 1 aliphatic carbocycles. The van der Waals surface area contributed by atoms with Gasteiger partial charge in [0.1, 0.15) is 5.60 Å². The molecule has 1 aromatic carbocycles. The summed E-state index contributed by atoms with van der Waals surface area (Å²) in [6, 6.07) is 8.32. The van der Waals surface area contributed by atoms with Gasteiger partial charge >= 0.3 is 6.09 Å². The molecule has 2 heterocycles. The monoisotopic (exact) mass is 424 g/mol. The molecule has 0 saturated heterocycles. The molecule has 0 bridgehead atoms. The van der Waals surface area contributed by atoms with E-state index >= 15 is 0 Å². The molecule has 1 unspecified atom stereocenters. The summed E-state index contributed by atoms with van der Waals surface area (Å²) in [5.41, 5.74) is 2.86. The number of benzene rings is 1. The fourth-order valence-electron chi connectivity index (χ4n) is 4.39. The van der Waals surface area contributed by atoms with Crippen LogP contribution in [0.3, 0.4) is 0 Å². The van der Waals surface area contributed by atoms with Gasteiger partial charge in [-0.25, -0.2) is 4.79 Å². The van der Waals surface area contributed by atoms with Crippen molar-refractivity contribution >= 4 is 12.0 Å². The van der Waals surface area contributed by atoms with Crippen molar-refractivity contribution in [2.45, 2.75) is 77.7 Å². The predicted molar refractivity (Wildman–Crippen MR) is 118 cm³/mol. The second-order valence-corrected chi connectivity index (χ2v) is 9.91. The standard InChI is InChI=1S/C24H32N4O3/c1-16-8-7-9-18(12-16)24(10-11-24)26(6)21(29)19-13-25-28-14-17(2)27(15-20(19)28)22(30)31-23(3,4)5/h7-9,12-13,17H,10-11,14-15H2,1-6H3. The summed E-state index contributed by atoms with van der Waals surface area (Å²) < 4.78 is 7.43. The average molecular weight is 425 g/mol. The number of carbonyl (C=O) groups excluding carboxylic acids is 2. The highest BCUT2D eigenvalue weighted by Crippen LogP contribution is 2.51. The summed E-state index contributed by atoms with van der Waals surface area (Å²) in [7, 11) is 1.87. The first-order valence-corrected chi connectivity index (χ1v) is 10.9. The van der Waals surface area contributed by atoms with Gasteiger partial charge in [0, 0.05) is 7.05 Å². The lowest BCUT2D eigenvalue weighted by atomic mass is 10.00. The maximum atomic E-state index is 13.5. The Bertz CT molecular complexity index is 1020. The van der Waals surface area contributed by atoms with Crippen LogP contribution in [0.1, 0.15) is 67.7 Å². The second-order valence-electron chi connectivity index (χ2n) is 9.91. The molecule has 2 amide bonds. The van der Waals surface area contributed by atoms with Crippen LogP contribution in [0, 0.1) is 6.92 Å². The molecule has 1 atom stereocenters. The molecule has 0 radical (unpaired) electrons. The van der Waals surface area contributed by atoms with Crippen molar-refractivity contribution in [1.82, 2.24) is 19.6 Å². The fraction of sp³-hybridized carbons (Fsp3) is 0.542. The van der Waals surface area contributed by atoms with E-state index in [1.165, 1.54) is 11.1 Å². The first-order valence-electron chi connectivity index (χ1n) is 10.9. The minimum Gasteiger partial charge on any atom is -0.444 e. The third kappa shape index (κ3) is 3.93. The van der Waals surface area contributed by atoms with Crippen LogP contribution in [0.4, 0.5) is 4.79 Å². The molecule has 0 spiro atoms. The van der Waals surface area contributed by atoms with Gasteiger partial charge in [-0.2, -0.15) is 5.10 Å². The zero-order chi connectivity index (χ0) is 22.6. The number of aromatic nitrogens is 2. The molecular formula is C24H32N4O3. The number of fused-ring (bicyclic) bond motifs is 1. The van der Waals surface area contributed by atoms with E-state index in [4.69, 9.17) is 4.74 Å². The molecule has 1 aromatic heterocycles. The third-order valence-corrected chi connectivity index (χ3v) is 6.32. The number of hydrogen-bond donors (Lipinski definition) is 0. The lowest BCUT2D eigenvalue weighted by Crippen LogP contribution is -2.47. The van der Waals surface area contributed by atoms with Gasteiger partial charge in [0.05, 0.1) is 42.1 Å². The molecule has 1 aliphatic heterocycles. The quantitative estimate of drug-likeness (QED) is 0.744. The molecular weight excluding hydrogens is 392 g/mol. The van der Waals surface area contributed by atoms with Crippen molar-refractivity contribution in [2.24, 2.45) is 0 Å². The van der Waals surface area contributed by atoms with Crippen molar-refractivity contribution in [3.63, 3.8) is 0 Å². The highest BCUT2D eigenvalue weighted by Gasteiger charge is 2.50. The highest BCUT2D eigenvalue weighted by atomic mass is 16.6. The van der Waals surface area contributed by atoms with Crippen LogP contribution < -0.4 is 0 Å². The van der Waals surface area contributed by atoms with E-state index in [0.717, 1.165) is 18.5 Å². The molecule has 0 N–H and O–H groups in total. The van der Waals surface area contributed by atoms with E-state index in [9.17, 15) is 9.59 Å². The van der Waals surface area contributed by atoms with E-state index in [2.05, 4.69) is 30.2 Å². The van der Waals surface area contributed by atoms with E-state index in [1.54, 1.807) is 11.1 Å². The largest absolute Gasteiger partial charge is 0.444 e. The average Bonchev–Trinajstić information content (AvgIpc) is 3.40. The summed E-state index contributed by atoms with van der Waals surface area (Å²) in [6.45, 7) is 10.5. The van der Waals surface area contributed by atoms with Gasteiger partial charge in [0.2, 0.25) is 0 Å². The Morgan fingerprint density at radius 1 is 1.26 bits per heavy atom. The number of ether oxygens (including phenoxy) is 1. The van der Waals surface area contributed by atoms with E-state index in [0.29, 0.717) is 18.7 Å². The van der Waals surface area contributed by atoms with Crippen molar-refractivity contribution in [3.8, 4) is 0 Å². The smallest absolute Gasteiger partial charge is 0.410 e. The summed E-state index contributed by atoms with van der Waals surface area (Å²) >= 11 is 0. The number of aryl methyl sites for hydroxylation is 1. The van der Waals surface area contributed by atoms with Gasteiger partial charge in [-0.05, 0) is 53.0 Å². The number of hydrogen-bond acceptors (Lipinski definition) is 4. The minimum absolute atomic E-state index is 0.0565. The van der Waals surface area contributed by atoms with Gasteiger partial charge in [-0.3, -0.25) is 14.4 Å². The Labute approximate surface area is 184 Å². The van der Waals surface area contributed by atoms with E-state index < -0.39 is 5.60 Å². The molecule has 4 rings (SSSR count). The van der Waals surface area contributed by atoms with Gasteiger partial charge in [0.15, 0.2) is 0 Å². The minimum atomic E-state index is -0.570. The van der Waals surface area contributed by atoms with Crippen LogP contribution >= 0.6 is 0 Å². The first kappa shape index (κ1) is 21.4. The molecule has 2 aliphatic rings. The van der Waals surface area contributed by atoms with Crippen LogP contribution in [-0.4, -0.2) is 50.3 Å². The Hall–Kier alpha value is -2.83. The third-order valence-electron chi connectivity index (χ3n) is 6.32. The van der Waals surface area contributed by atoms with Crippen LogP contribution in [0.15, 0.2) is 30.5 Å². The fourth-order valence-corrected chi connectivity index (χ4v) is 4.39. The first-order chi connectivity index (χ1) is 14.5. The molecule has 2 aromatic rings. The highest BCUT2D eigenvalue weighted by molar-refractivity contribution is 5.96. The topological polar surface area (TPSA) is 67.7 Å². The van der Waals surface area contributed by atoms with Gasteiger partial charge in [-0.1, -0.05) is 29.8 Å². The molecule has 7 heteroatoms. The number of carbonyl (C=O) groups is 2. The van der Waals surface area contributed by atoms with E-state index in [1.807, 2.05) is 50.4 Å². The number of amides is 2. The lowest BCUT2D eigenvalue weighted by molar-refractivity contribution is 0.00882. The normalized spacial score (nSPS) is 19.5. The maximum Gasteiger partial charge on any atom is 0.410 e. The zero-order valence-corrected chi connectivity index (χ0v) is 19.3. The van der Waals surface area contributed by atoms with Gasteiger partial charge < -0.3 is 9.64 Å². The van der Waals surface area contributed by atoms with Gasteiger partial charge in [0.25, 0.3) is 5.91 Å². The Balaban J connectivity index is 1.59. The molecule has 31 heavy (non-hydrogen) atoms. The van der Waals surface area contributed by atoms with Crippen molar-refractivity contribution in [3.05, 3.63) is 52.8 Å². The molecule has 1 fully saturated rings. The SMILES string of the molecule is Cc1cccc(C2(N(C)C(=O)c3cnn4c3CN(C(=O)OC(C)(C)C)C(C)C4)CC2)c1. The second kappa shape index (κ2) is 7.39. The summed E-state index contributed by atoms with van der Waals surface area (Å²) in [6.07, 6.45) is 3.18. The molecule has 7 nitrogen and oxygen atoms in total. The number of rotatable bonds is 3. The Kier molecular flexibility index (Phi) is 5.10. The summed E-state index contributed by atoms with van der Waals surface area (Å²) in [5.74, 6) is -0.0565. The van der Waals surface area contributed by atoms with Crippen LogP contribution in [-0.2, 0) is 23.4 Å². The lowest BCUT2D eigenvalue weighted by Gasteiger charge is -2.36. The predicted octanol–water partition coefficient (Wildman–Crippen LogP) is 4.09. The van der Waals surface area contributed by atoms with Crippen LogP contribution in [0.25, 0.3) is 0 Å². The number of nitrogens with zero attached hydrogens (tertiary/aromatic N) is 4. The molecule has 166 valence electrons. The van der Waals surface area contributed by atoms with Crippen molar-refractivity contribution < 1.29 is 14.3 Å². The Morgan fingerprint density at radius 2 is 1.97 bits per heavy atom. The van der Waals surface area contributed by atoms with E-state index in [-0.39, 0.29) is 23.6 Å². The van der Waals surface area contributed by atoms with Crippen LogP contribution in [0.2, 0.25) is 0 Å². The van der Waals surface area contributed by atoms with Crippen LogP contribution in [0.5, 0.6) is 0 Å². The summed E-state index contributed by atoms with van der Waals surface area (Å²) in [5, 5.41) is 4.46. The summed E-state index contributed by atoms with van der Waals surface area (Å²) in [4.78, 5) is 29.8. The van der Waals surface area contributed by atoms with Crippen molar-refractivity contribution in [2.75, 3.05) is 7.05 Å². The van der Waals surface area contributed by atoms with Gasteiger partial charge in [-0.15, -0.1) is 0 Å². The molecule has 1 saturated carbocycles. The Morgan fingerprint density at radius 3 is 2.58 bits per heavy atom.